The SMILES string of the molecule is CCCCCCc1cc(/C=C/C2CCC(N(C3CCC(C)CC3)C3CCC(/C=C/C4CCCCC4)CC3)CC2)sc1/C=C/C1CCCCC1. The summed E-state index contributed by atoms with van der Waals surface area (Å²) in [5.41, 5.74) is 1.62. The Morgan fingerprint density at radius 2 is 1.04 bits per heavy atom. The predicted octanol–water partition coefficient (Wildman–Crippen LogP) is 14.6. The summed E-state index contributed by atoms with van der Waals surface area (Å²) < 4.78 is 0. The second-order valence-electron chi connectivity index (χ2n) is 17.7. The second kappa shape index (κ2) is 20.2. The number of allylic oxidation sites excluding steroid dienone is 4. The lowest BCUT2D eigenvalue weighted by Crippen LogP contribution is -2.52. The van der Waals surface area contributed by atoms with Crippen molar-refractivity contribution in [3.8, 4) is 0 Å². The quantitative estimate of drug-likeness (QED) is 0.139. The molecule has 1 aromatic heterocycles. The molecule has 6 rings (SSSR count). The molecular weight excluding hydrogens is 611 g/mol. The maximum absolute atomic E-state index is 3.18. The summed E-state index contributed by atoms with van der Waals surface area (Å²) >= 11 is 2.07. The number of hydrogen-bond acceptors (Lipinski definition) is 2. The van der Waals surface area contributed by atoms with Crippen molar-refractivity contribution >= 4 is 23.5 Å². The van der Waals surface area contributed by atoms with Gasteiger partial charge in [-0.05, 0) is 169 Å². The summed E-state index contributed by atoms with van der Waals surface area (Å²) in [6.07, 6.45) is 53.9. The number of aryl methyl sites for hydroxylation is 1. The average molecular weight is 686 g/mol. The molecule has 0 bridgehead atoms. The molecule has 1 aromatic rings. The third kappa shape index (κ3) is 11.7. The Kier molecular flexibility index (Phi) is 15.5. The molecule has 274 valence electrons. The summed E-state index contributed by atoms with van der Waals surface area (Å²) in [4.78, 5) is 6.24. The van der Waals surface area contributed by atoms with Gasteiger partial charge in [0.05, 0.1) is 0 Å². The van der Waals surface area contributed by atoms with Crippen LogP contribution in [0.3, 0.4) is 0 Å². The van der Waals surface area contributed by atoms with Gasteiger partial charge in [0.1, 0.15) is 0 Å². The van der Waals surface area contributed by atoms with Crippen LogP contribution in [-0.4, -0.2) is 23.0 Å². The molecule has 5 aliphatic carbocycles. The van der Waals surface area contributed by atoms with Gasteiger partial charge in [0.15, 0.2) is 0 Å². The molecule has 0 amide bonds. The number of hydrogen-bond donors (Lipinski definition) is 0. The Balaban J connectivity index is 1.04. The van der Waals surface area contributed by atoms with Crippen LogP contribution in [-0.2, 0) is 6.42 Å². The van der Waals surface area contributed by atoms with Gasteiger partial charge in [0.2, 0.25) is 0 Å². The Morgan fingerprint density at radius 1 is 0.551 bits per heavy atom. The number of unbranched alkanes of at least 4 members (excludes halogenated alkanes) is 3. The van der Waals surface area contributed by atoms with E-state index in [2.05, 4.69) is 72.6 Å². The van der Waals surface area contributed by atoms with E-state index in [1.165, 1.54) is 178 Å². The standard InChI is InChI=1S/C47H75NS/c1-3-4-5-12-17-42-36-46(49-47(42)35-27-39-15-10-7-11-16-39)34-26-41-24-32-45(33-25-41)48(43-28-18-37(2)19-29-43)44-30-22-40(23-31-44)21-20-38-13-8-6-9-14-38/h20-21,26-27,34-41,43-45H,3-19,22-25,28-33H2,1-2H3/b21-20+,34-26+,35-27+. The Bertz CT molecular complexity index is 1140. The van der Waals surface area contributed by atoms with Crippen molar-refractivity contribution < 1.29 is 0 Å². The molecule has 0 unspecified atom stereocenters. The highest BCUT2D eigenvalue weighted by molar-refractivity contribution is 7.14. The molecule has 0 aromatic carbocycles. The zero-order valence-electron chi connectivity index (χ0n) is 32.1. The maximum atomic E-state index is 3.18. The highest BCUT2D eigenvalue weighted by Gasteiger charge is 2.37. The molecule has 0 atom stereocenters. The summed E-state index contributed by atoms with van der Waals surface area (Å²) in [5.74, 6) is 4.26. The summed E-state index contributed by atoms with van der Waals surface area (Å²) in [7, 11) is 0. The predicted molar refractivity (Wildman–Crippen MR) is 217 cm³/mol. The molecule has 0 radical (unpaired) electrons. The first kappa shape index (κ1) is 37.6. The summed E-state index contributed by atoms with van der Waals surface area (Å²) in [5, 5.41) is 0. The van der Waals surface area contributed by atoms with Crippen molar-refractivity contribution in [3.05, 3.63) is 45.7 Å². The highest BCUT2D eigenvalue weighted by Crippen LogP contribution is 2.40. The minimum Gasteiger partial charge on any atom is -0.294 e. The molecule has 1 nitrogen and oxygen atoms in total. The van der Waals surface area contributed by atoms with Crippen molar-refractivity contribution in [2.75, 3.05) is 0 Å². The van der Waals surface area contributed by atoms with Crippen LogP contribution in [0.25, 0.3) is 12.2 Å². The fourth-order valence-electron chi connectivity index (χ4n) is 10.7. The van der Waals surface area contributed by atoms with Crippen molar-refractivity contribution in [2.45, 2.75) is 205 Å². The van der Waals surface area contributed by atoms with Crippen molar-refractivity contribution in [2.24, 2.45) is 29.6 Å². The topological polar surface area (TPSA) is 3.24 Å². The van der Waals surface area contributed by atoms with E-state index in [0.29, 0.717) is 0 Å². The third-order valence-electron chi connectivity index (χ3n) is 13.9. The molecule has 0 saturated heterocycles. The smallest absolute Gasteiger partial charge is 0.0305 e. The van der Waals surface area contributed by atoms with E-state index < -0.39 is 0 Å². The molecule has 5 aliphatic rings. The second-order valence-corrected chi connectivity index (χ2v) is 18.9. The molecule has 5 saturated carbocycles. The van der Waals surface area contributed by atoms with E-state index in [1.54, 1.807) is 10.4 Å². The van der Waals surface area contributed by atoms with E-state index in [-0.39, 0.29) is 0 Å². The van der Waals surface area contributed by atoms with Crippen LogP contribution in [0.2, 0.25) is 0 Å². The first-order chi connectivity index (χ1) is 24.1. The van der Waals surface area contributed by atoms with E-state index in [1.807, 2.05) is 0 Å². The van der Waals surface area contributed by atoms with Crippen LogP contribution in [0.15, 0.2) is 30.4 Å². The molecular formula is C47H75NS. The van der Waals surface area contributed by atoms with E-state index in [0.717, 1.165) is 47.7 Å². The van der Waals surface area contributed by atoms with Gasteiger partial charge in [0, 0.05) is 27.9 Å². The summed E-state index contributed by atoms with van der Waals surface area (Å²) in [6, 6.07) is 5.09. The highest BCUT2D eigenvalue weighted by atomic mass is 32.1. The van der Waals surface area contributed by atoms with E-state index >= 15 is 0 Å². The Hall–Kier alpha value is -1.12. The van der Waals surface area contributed by atoms with Crippen LogP contribution >= 0.6 is 11.3 Å². The van der Waals surface area contributed by atoms with Crippen LogP contribution in [0.5, 0.6) is 0 Å². The Morgan fingerprint density at radius 3 is 1.61 bits per heavy atom. The molecule has 2 heteroatoms. The van der Waals surface area contributed by atoms with Gasteiger partial charge in [-0.3, -0.25) is 4.90 Å². The van der Waals surface area contributed by atoms with Gasteiger partial charge in [-0.25, -0.2) is 0 Å². The van der Waals surface area contributed by atoms with E-state index in [9.17, 15) is 0 Å². The van der Waals surface area contributed by atoms with E-state index in [4.69, 9.17) is 0 Å². The van der Waals surface area contributed by atoms with Crippen molar-refractivity contribution in [3.63, 3.8) is 0 Å². The lowest BCUT2D eigenvalue weighted by molar-refractivity contribution is 0.00956. The average Bonchev–Trinajstić information content (AvgIpc) is 3.55. The normalized spacial score (nSPS) is 31.5. The van der Waals surface area contributed by atoms with Crippen molar-refractivity contribution in [1.29, 1.82) is 0 Å². The van der Waals surface area contributed by atoms with Gasteiger partial charge in [-0.1, -0.05) is 95.9 Å². The molecule has 49 heavy (non-hydrogen) atoms. The van der Waals surface area contributed by atoms with Crippen LogP contribution in [0.4, 0.5) is 0 Å². The summed E-state index contributed by atoms with van der Waals surface area (Å²) in [6.45, 7) is 4.83. The molecule has 1 heterocycles. The minimum absolute atomic E-state index is 0.765. The number of thiophene rings is 1. The first-order valence-corrected chi connectivity index (χ1v) is 22.9. The first-order valence-electron chi connectivity index (χ1n) is 22.1. The van der Waals surface area contributed by atoms with Gasteiger partial charge in [-0.15, -0.1) is 11.3 Å². The molecule has 0 aliphatic heterocycles. The maximum Gasteiger partial charge on any atom is 0.0305 e. The van der Waals surface area contributed by atoms with Crippen LogP contribution in [0.1, 0.15) is 196 Å². The van der Waals surface area contributed by atoms with Gasteiger partial charge >= 0.3 is 0 Å². The lowest BCUT2D eigenvalue weighted by Gasteiger charge is -2.49. The Labute approximate surface area is 307 Å². The monoisotopic (exact) mass is 686 g/mol. The zero-order valence-corrected chi connectivity index (χ0v) is 32.9. The molecule has 0 spiro atoms. The molecule has 5 fully saturated rings. The lowest BCUT2D eigenvalue weighted by atomic mass is 9.78. The third-order valence-corrected chi connectivity index (χ3v) is 15.0. The van der Waals surface area contributed by atoms with Gasteiger partial charge < -0.3 is 0 Å². The zero-order chi connectivity index (χ0) is 33.7. The van der Waals surface area contributed by atoms with Gasteiger partial charge in [0.25, 0.3) is 0 Å². The van der Waals surface area contributed by atoms with Crippen LogP contribution < -0.4 is 0 Å². The molecule has 0 N–H and O–H groups in total. The number of nitrogens with zero attached hydrogens (tertiary/aromatic N) is 1. The van der Waals surface area contributed by atoms with Crippen LogP contribution in [0, 0.1) is 29.6 Å². The minimum atomic E-state index is 0.765. The number of rotatable bonds is 14. The fourth-order valence-corrected chi connectivity index (χ4v) is 11.7. The van der Waals surface area contributed by atoms with Crippen molar-refractivity contribution in [1.82, 2.24) is 4.90 Å². The van der Waals surface area contributed by atoms with Gasteiger partial charge in [-0.2, -0.15) is 0 Å². The fraction of sp³-hybridized carbons (Fsp3) is 0.787. The largest absolute Gasteiger partial charge is 0.294 e.